The lowest BCUT2D eigenvalue weighted by atomic mass is 9.98. The molecule has 0 heterocycles. The van der Waals surface area contributed by atoms with Gasteiger partial charge in [0.25, 0.3) is 0 Å². The second-order valence-corrected chi connectivity index (χ2v) is 5.18. The first-order valence-corrected chi connectivity index (χ1v) is 6.71. The molecule has 4 heteroatoms. The molecule has 2 N–H and O–H groups in total. The smallest absolute Gasteiger partial charge is 0.217 e. The lowest BCUT2D eigenvalue weighted by molar-refractivity contribution is 0.112. The van der Waals surface area contributed by atoms with Crippen LogP contribution in [0.5, 0.6) is 0 Å². The predicted molar refractivity (Wildman–Crippen MR) is 87.8 cm³/mol. The number of hydrogen-bond donors (Lipinski definition) is 1. The summed E-state index contributed by atoms with van der Waals surface area (Å²) in [6.45, 7) is 4.31. The number of carbonyl (C=O) groups is 1. The number of rotatable bonds is 4. The first-order valence-electron chi connectivity index (χ1n) is 6.71. The Morgan fingerprint density at radius 2 is 1.90 bits per heavy atom. The molecule has 0 aromatic heterocycles. The molecule has 0 bridgehead atoms. The molecule has 0 unspecified atom stereocenters. The van der Waals surface area contributed by atoms with Crippen LogP contribution in [0.15, 0.2) is 42.5 Å². The number of nitrogen functional groups attached to an aromatic ring is 1. The van der Waals surface area contributed by atoms with Gasteiger partial charge in [0.2, 0.25) is 7.98 Å². The Bertz CT molecular complexity index is 626. The van der Waals surface area contributed by atoms with Crippen molar-refractivity contribution in [2.24, 2.45) is 0 Å². The van der Waals surface area contributed by atoms with E-state index < -0.39 is 0 Å². The minimum absolute atomic E-state index is 0.405. The Labute approximate surface area is 120 Å². The largest absolute Gasteiger partial charge is 0.419 e. The van der Waals surface area contributed by atoms with Crippen molar-refractivity contribution in [3.63, 3.8) is 0 Å². The van der Waals surface area contributed by atoms with E-state index in [9.17, 15) is 4.79 Å². The average molecular weight is 266 g/mol. The van der Waals surface area contributed by atoms with Crippen LogP contribution in [0.3, 0.4) is 0 Å². The lowest BCUT2D eigenvalue weighted by Gasteiger charge is -2.27. The van der Waals surface area contributed by atoms with Crippen molar-refractivity contribution in [1.29, 1.82) is 0 Å². The van der Waals surface area contributed by atoms with Crippen LogP contribution < -0.4 is 10.5 Å². The van der Waals surface area contributed by atoms with Crippen molar-refractivity contribution < 1.29 is 4.79 Å². The van der Waals surface area contributed by atoms with Crippen molar-refractivity contribution in [3.05, 3.63) is 48.0 Å². The Kier molecular flexibility index (Phi) is 4.13. The minimum atomic E-state index is 0.405. The van der Waals surface area contributed by atoms with E-state index in [0.717, 1.165) is 23.1 Å². The highest BCUT2D eigenvalue weighted by molar-refractivity contribution is 6.19. The van der Waals surface area contributed by atoms with E-state index in [4.69, 9.17) is 5.73 Å². The number of benzene rings is 2. The summed E-state index contributed by atoms with van der Waals surface area (Å²) in [5.41, 5.74) is 10.3. The fraction of sp³-hybridized carbons (Fsp3) is 0.188. The quantitative estimate of drug-likeness (QED) is 0.525. The molecule has 0 spiro atoms. The molecular formula is C16H19BN2O. The van der Waals surface area contributed by atoms with E-state index in [-0.39, 0.29) is 0 Å². The van der Waals surface area contributed by atoms with E-state index in [1.165, 1.54) is 0 Å². The molecule has 0 amide bonds. The van der Waals surface area contributed by atoms with Crippen molar-refractivity contribution in [1.82, 2.24) is 0 Å². The van der Waals surface area contributed by atoms with E-state index in [1.54, 1.807) is 6.07 Å². The van der Waals surface area contributed by atoms with Crippen molar-refractivity contribution >= 4 is 25.6 Å². The van der Waals surface area contributed by atoms with E-state index >= 15 is 0 Å². The molecule has 20 heavy (non-hydrogen) atoms. The van der Waals surface area contributed by atoms with Gasteiger partial charge in [-0.15, -0.1) is 0 Å². The molecule has 2 aromatic rings. The van der Waals surface area contributed by atoms with Gasteiger partial charge in [-0.05, 0) is 37.6 Å². The fourth-order valence-electron chi connectivity index (χ4n) is 2.15. The van der Waals surface area contributed by atoms with Crippen molar-refractivity contribution in [3.8, 4) is 11.1 Å². The summed E-state index contributed by atoms with van der Waals surface area (Å²) in [5.74, 6) is 0. The Hall–Kier alpha value is -2.23. The summed E-state index contributed by atoms with van der Waals surface area (Å²) in [6.07, 6.45) is 0.783. The van der Waals surface area contributed by atoms with Gasteiger partial charge in [0, 0.05) is 28.5 Å². The molecule has 0 saturated heterocycles. The summed E-state index contributed by atoms with van der Waals surface area (Å²) in [5, 5.41) is 0. The van der Waals surface area contributed by atoms with Crippen LogP contribution in [0.4, 0.5) is 11.4 Å². The molecule has 0 saturated carbocycles. The highest BCUT2D eigenvalue weighted by atomic mass is 16.1. The Morgan fingerprint density at radius 1 is 1.20 bits per heavy atom. The van der Waals surface area contributed by atoms with Crippen LogP contribution in [-0.2, 0) is 0 Å². The first kappa shape index (κ1) is 14.2. The normalized spacial score (nSPS) is 10.6. The van der Waals surface area contributed by atoms with Gasteiger partial charge in [-0.2, -0.15) is 0 Å². The molecule has 102 valence electrons. The van der Waals surface area contributed by atoms with Gasteiger partial charge >= 0.3 is 0 Å². The van der Waals surface area contributed by atoms with Gasteiger partial charge in [0.15, 0.2) is 6.29 Å². The van der Waals surface area contributed by atoms with Crippen molar-refractivity contribution in [2.75, 3.05) is 10.5 Å². The second kappa shape index (κ2) is 5.82. The van der Waals surface area contributed by atoms with Gasteiger partial charge in [-0.1, -0.05) is 24.3 Å². The van der Waals surface area contributed by atoms with Gasteiger partial charge in [-0.3, -0.25) is 4.79 Å². The molecule has 0 aliphatic rings. The third-order valence-electron chi connectivity index (χ3n) is 3.58. The van der Waals surface area contributed by atoms with Gasteiger partial charge in [-0.25, -0.2) is 0 Å². The molecule has 2 aromatic carbocycles. The maximum atomic E-state index is 10.9. The summed E-state index contributed by atoms with van der Waals surface area (Å²) in [4.78, 5) is 13.1. The summed E-state index contributed by atoms with van der Waals surface area (Å²) in [7, 11) is 2.08. The third-order valence-corrected chi connectivity index (χ3v) is 3.58. The number of carbonyl (C=O) groups excluding carboxylic acids is 1. The van der Waals surface area contributed by atoms with E-state index in [2.05, 4.69) is 38.8 Å². The highest BCUT2D eigenvalue weighted by Crippen LogP contribution is 2.32. The van der Waals surface area contributed by atoms with Gasteiger partial charge < -0.3 is 10.5 Å². The zero-order valence-electron chi connectivity index (χ0n) is 12.1. The number of nitrogens with two attached hydrogens (primary N) is 1. The monoisotopic (exact) mass is 266 g/mol. The van der Waals surface area contributed by atoms with Crippen LogP contribution in [0.1, 0.15) is 24.2 Å². The van der Waals surface area contributed by atoms with Crippen LogP contribution in [0.2, 0.25) is 0 Å². The van der Waals surface area contributed by atoms with E-state index in [0.29, 0.717) is 17.3 Å². The summed E-state index contributed by atoms with van der Waals surface area (Å²) < 4.78 is 0. The number of hydrogen-bond acceptors (Lipinski definition) is 3. The molecule has 0 fully saturated rings. The summed E-state index contributed by atoms with van der Waals surface area (Å²) in [6, 6.07) is 14.2. The zero-order valence-corrected chi connectivity index (χ0v) is 12.1. The molecule has 3 nitrogen and oxygen atoms in total. The molecule has 2 rings (SSSR count). The lowest BCUT2D eigenvalue weighted by Crippen LogP contribution is -2.27. The Morgan fingerprint density at radius 3 is 2.50 bits per heavy atom. The minimum Gasteiger partial charge on any atom is -0.419 e. The van der Waals surface area contributed by atoms with Crippen LogP contribution in [0, 0.1) is 0 Å². The highest BCUT2D eigenvalue weighted by Gasteiger charge is 2.11. The maximum Gasteiger partial charge on any atom is 0.217 e. The molecular weight excluding hydrogens is 247 g/mol. The molecule has 0 aliphatic carbocycles. The number of nitrogens with zero attached hydrogens (tertiary/aromatic N) is 1. The number of para-hydroxylation sites is 1. The number of aldehydes is 1. The first-order chi connectivity index (χ1) is 9.54. The van der Waals surface area contributed by atoms with E-state index in [1.807, 2.05) is 24.3 Å². The summed E-state index contributed by atoms with van der Waals surface area (Å²) >= 11 is 0. The topological polar surface area (TPSA) is 46.3 Å². The Balaban J connectivity index is 2.53. The predicted octanol–water partition coefficient (Wildman–Crippen LogP) is 2.51. The van der Waals surface area contributed by atoms with Crippen LogP contribution >= 0.6 is 0 Å². The number of anilines is 2. The second-order valence-electron chi connectivity index (χ2n) is 5.18. The molecule has 0 aliphatic heterocycles. The fourth-order valence-corrected chi connectivity index (χ4v) is 2.15. The maximum absolute atomic E-state index is 10.9. The molecule has 0 radical (unpaired) electrons. The van der Waals surface area contributed by atoms with Gasteiger partial charge in [0.1, 0.15) is 0 Å². The zero-order chi connectivity index (χ0) is 14.7. The van der Waals surface area contributed by atoms with Crippen LogP contribution in [0.25, 0.3) is 11.1 Å². The average Bonchev–Trinajstić information content (AvgIpc) is 2.46. The molecule has 0 atom stereocenters. The van der Waals surface area contributed by atoms with Crippen molar-refractivity contribution in [2.45, 2.75) is 19.9 Å². The van der Waals surface area contributed by atoms with Crippen LogP contribution in [-0.4, -0.2) is 20.3 Å². The SMILES string of the molecule is BN(c1ccccc1-c1ccc(C=O)c(N)c1)C(C)C. The third kappa shape index (κ3) is 2.69. The van der Waals surface area contributed by atoms with Gasteiger partial charge in [0.05, 0.1) is 0 Å². The standard InChI is InChI=1S/C16H19BN2O/c1-11(2)19(17)16-6-4-3-5-14(16)12-7-8-13(10-20)15(18)9-12/h3-11H,17-18H2,1-2H3.